The number of pyridine rings is 1. The first kappa shape index (κ1) is 17.5. The Bertz CT molecular complexity index is 977. The Morgan fingerprint density at radius 3 is 2.85 bits per heavy atom. The second kappa shape index (κ2) is 7.02. The number of benzene rings is 1. The highest BCUT2D eigenvalue weighted by Crippen LogP contribution is 2.29. The van der Waals surface area contributed by atoms with E-state index in [1.54, 1.807) is 29.9 Å². The number of nitrogens with zero attached hydrogens (tertiary/aromatic N) is 2. The molecule has 1 aliphatic rings. The Labute approximate surface area is 157 Å². The molecule has 4 rings (SSSR count). The summed E-state index contributed by atoms with van der Waals surface area (Å²) in [5.74, 6) is 0.895. The highest BCUT2D eigenvalue weighted by Gasteiger charge is 2.22. The number of aryl methyl sites for hydroxylation is 1. The number of halogens is 1. The van der Waals surface area contributed by atoms with Crippen molar-refractivity contribution in [3.05, 3.63) is 59.8 Å². The summed E-state index contributed by atoms with van der Waals surface area (Å²) in [5.41, 5.74) is 1.92. The molecule has 1 saturated carbocycles. The molecule has 27 heavy (non-hydrogen) atoms. The molecule has 1 N–H and O–H groups in total. The molecule has 5 nitrogen and oxygen atoms in total. The van der Waals surface area contributed by atoms with E-state index in [4.69, 9.17) is 4.74 Å². The van der Waals surface area contributed by atoms with E-state index in [-0.39, 0.29) is 17.8 Å². The van der Waals surface area contributed by atoms with Crippen LogP contribution < -0.4 is 10.1 Å². The van der Waals surface area contributed by atoms with Gasteiger partial charge in [-0.3, -0.25) is 9.78 Å². The Balaban J connectivity index is 1.44. The fourth-order valence-electron chi connectivity index (χ4n) is 3.10. The molecule has 3 aromatic rings. The Hall–Kier alpha value is -2.89. The van der Waals surface area contributed by atoms with Gasteiger partial charge < -0.3 is 14.6 Å². The Morgan fingerprint density at radius 2 is 2.15 bits per heavy atom. The van der Waals surface area contributed by atoms with Crippen molar-refractivity contribution in [1.82, 2.24) is 14.9 Å². The molecule has 1 aromatic carbocycles. The molecule has 0 bridgehead atoms. The number of carbonyl (C=O) groups excluding carboxylic acids is 1. The summed E-state index contributed by atoms with van der Waals surface area (Å²) in [6, 6.07) is 9.74. The molecule has 140 valence electrons. The Kier molecular flexibility index (Phi) is 4.56. The van der Waals surface area contributed by atoms with Crippen molar-refractivity contribution in [2.75, 3.05) is 6.61 Å². The van der Waals surface area contributed by atoms with Crippen molar-refractivity contribution >= 4 is 16.8 Å². The zero-order chi connectivity index (χ0) is 19.0. The van der Waals surface area contributed by atoms with E-state index < -0.39 is 0 Å². The van der Waals surface area contributed by atoms with Crippen LogP contribution in [-0.2, 0) is 7.05 Å². The van der Waals surface area contributed by atoms with Crippen LogP contribution in [0.3, 0.4) is 0 Å². The molecule has 0 radical (unpaired) electrons. The maximum atomic E-state index is 13.5. The van der Waals surface area contributed by atoms with Gasteiger partial charge in [0, 0.05) is 12.4 Å². The Morgan fingerprint density at radius 1 is 1.33 bits per heavy atom. The van der Waals surface area contributed by atoms with Gasteiger partial charge in [-0.1, -0.05) is 0 Å². The van der Waals surface area contributed by atoms with Crippen LogP contribution in [0.15, 0.2) is 42.6 Å². The summed E-state index contributed by atoms with van der Waals surface area (Å²) in [6.07, 6.45) is 4.19. The van der Waals surface area contributed by atoms with Crippen LogP contribution in [0.5, 0.6) is 5.75 Å². The third kappa shape index (κ3) is 3.79. The average Bonchev–Trinajstić information content (AvgIpc) is 3.44. The normalized spacial score (nSPS) is 14.9. The van der Waals surface area contributed by atoms with Gasteiger partial charge in [0.05, 0.1) is 30.1 Å². The number of carbonyl (C=O) groups is 1. The molecule has 1 atom stereocenters. The lowest BCUT2D eigenvalue weighted by Gasteiger charge is -2.14. The van der Waals surface area contributed by atoms with Gasteiger partial charge in [0.25, 0.3) is 5.91 Å². The molecule has 0 spiro atoms. The fraction of sp³-hybridized carbons (Fsp3) is 0.333. The summed E-state index contributed by atoms with van der Waals surface area (Å²) in [5, 5.41) is 3.78. The summed E-state index contributed by atoms with van der Waals surface area (Å²) < 4.78 is 20.8. The van der Waals surface area contributed by atoms with Crippen LogP contribution in [0.25, 0.3) is 10.9 Å². The molecule has 6 heteroatoms. The summed E-state index contributed by atoms with van der Waals surface area (Å²) >= 11 is 0. The maximum Gasteiger partial charge on any atom is 0.268 e. The van der Waals surface area contributed by atoms with E-state index in [0.717, 1.165) is 23.4 Å². The highest BCUT2D eigenvalue weighted by atomic mass is 19.1. The van der Waals surface area contributed by atoms with Crippen LogP contribution in [0, 0.1) is 11.7 Å². The first-order valence-corrected chi connectivity index (χ1v) is 9.16. The number of rotatable bonds is 6. The topological polar surface area (TPSA) is 56.2 Å². The van der Waals surface area contributed by atoms with Crippen LogP contribution in [-0.4, -0.2) is 22.1 Å². The third-order valence-corrected chi connectivity index (χ3v) is 4.97. The van der Waals surface area contributed by atoms with Crippen molar-refractivity contribution < 1.29 is 13.9 Å². The SMILES string of the molecule is C[C@@H](NC(=O)c1cc2ccc(F)cc2n1C)c1ccc(OCC2CC2)cn1. The van der Waals surface area contributed by atoms with Crippen molar-refractivity contribution in [2.45, 2.75) is 25.8 Å². The average molecular weight is 367 g/mol. The molecular weight excluding hydrogens is 345 g/mol. The van der Waals surface area contributed by atoms with Gasteiger partial charge in [0.2, 0.25) is 0 Å². The van der Waals surface area contributed by atoms with Crippen LogP contribution in [0.4, 0.5) is 4.39 Å². The van der Waals surface area contributed by atoms with Gasteiger partial charge in [-0.05, 0) is 62.1 Å². The molecule has 0 aliphatic heterocycles. The van der Waals surface area contributed by atoms with Gasteiger partial charge in [-0.15, -0.1) is 0 Å². The molecule has 1 aliphatic carbocycles. The zero-order valence-corrected chi connectivity index (χ0v) is 15.4. The first-order valence-electron chi connectivity index (χ1n) is 9.16. The lowest BCUT2D eigenvalue weighted by molar-refractivity contribution is 0.0931. The van der Waals surface area contributed by atoms with Crippen LogP contribution in [0.1, 0.15) is 42.0 Å². The number of ether oxygens (including phenoxy) is 1. The number of amides is 1. The lowest BCUT2D eigenvalue weighted by Crippen LogP contribution is -2.28. The molecular formula is C21H22FN3O2. The van der Waals surface area contributed by atoms with Gasteiger partial charge in [-0.2, -0.15) is 0 Å². The molecule has 2 heterocycles. The summed E-state index contributed by atoms with van der Waals surface area (Å²) in [4.78, 5) is 17.1. The quantitative estimate of drug-likeness (QED) is 0.717. The van der Waals surface area contributed by atoms with E-state index in [9.17, 15) is 9.18 Å². The van der Waals surface area contributed by atoms with Crippen molar-refractivity contribution in [1.29, 1.82) is 0 Å². The van der Waals surface area contributed by atoms with Crippen molar-refractivity contribution in [3.63, 3.8) is 0 Å². The fourth-order valence-corrected chi connectivity index (χ4v) is 3.10. The van der Waals surface area contributed by atoms with E-state index in [0.29, 0.717) is 17.1 Å². The van der Waals surface area contributed by atoms with E-state index in [1.165, 1.54) is 25.0 Å². The number of fused-ring (bicyclic) bond motifs is 1. The zero-order valence-electron chi connectivity index (χ0n) is 15.4. The maximum absolute atomic E-state index is 13.5. The lowest BCUT2D eigenvalue weighted by atomic mass is 10.2. The minimum Gasteiger partial charge on any atom is -0.492 e. The van der Waals surface area contributed by atoms with Gasteiger partial charge >= 0.3 is 0 Å². The number of aromatic nitrogens is 2. The summed E-state index contributed by atoms with van der Waals surface area (Å²) in [6.45, 7) is 2.63. The standard InChI is InChI=1S/C21H22FN3O2/c1-13(18-8-7-17(11-23-18)27-12-14-3-4-14)24-21(26)20-9-15-5-6-16(22)10-19(15)25(20)2/h5-11,13-14H,3-4,12H2,1-2H3,(H,24,26)/t13-/m1/s1. The smallest absolute Gasteiger partial charge is 0.268 e. The van der Waals surface area contributed by atoms with Crippen LogP contribution >= 0.6 is 0 Å². The second-order valence-electron chi connectivity index (χ2n) is 7.16. The minimum atomic E-state index is -0.322. The van der Waals surface area contributed by atoms with E-state index in [1.807, 2.05) is 19.1 Å². The second-order valence-corrected chi connectivity index (χ2v) is 7.16. The number of hydrogen-bond donors (Lipinski definition) is 1. The molecule has 0 saturated heterocycles. The van der Waals surface area contributed by atoms with Crippen molar-refractivity contribution in [2.24, 2.45) is 13.0 Å². The third-order valence-electron chi connectivity index (χ3n) is 4.97. The van der Waals surface area contributed by atoms with E-state index in [2.05, 4.69) is 10.3 Å². The van der Waals surface area contributed by atoms with Crippen LogP contribution in [0.2, 0.25) is 0 Å². The molecule has 0 unspecified atom stereocenters. The highest BCUT2D eigenvalue weighted by molar-refractivity contribution is 5.98. The van der Waals surface area contributed by atoms with Gasteiger partial charge in [-0.25, -0.2) is 4.39 Å². The van der Waals surface area contributed by atoms with Crippen molar-refractivity contribution in [3.8, 4) is 5.75 Å². The predicted octanol–water partition coefficient (Wildman–Crippen LogP) is 3.99. The molecule has 2 aromatic heterocycles. The van der Waals surface area contributed by atoms with Gasteiger partial charge in [0.15, 0.2) is 0 Å². The molecule has 1 amide bonds. The van der Waals surface area contributed by atoms with Gasteiger partial charge in [0.1, 0.15) is 17.3 Å². The summed E-state index contributed by atoms with van der Waals surface area (Å²) in [7, 11) is 1.76. The number of nitrogens with one attached hydrogen (secondary N) is 1. The molecule has 1 fully saturated rings. The predicted molar refractivity (Wildman–Crippen MR) is 101 cm³/mol. The monoisotopic (exact) mass is 367 g/mol. The first-order chi connectivity index (χ1) is 13.0. The largest absolute Gasteiger partial charge is 0.492 e. The number of hydrogen-bond acceptors (Lipinski definition) is 3. The minimum absolute atomic E-state index is 0.225. The van der Waals surface area contributed by atoms with E-state index >= 15 is 0 Å².